The molecule has 10 heteroatoms. The van der Waals surface area contributed by atoms with Gasteiger partial charge in [-0.1, -0.05) is 22.0 Å². The number of carbonyl (C=O) groups excluding carboxylic acids is 1. The van der Waals surface area contributed by atoms with E-state index in [1.165, 1.54) is 34.8 Å². The summed E-state index contributed by atoms with van der Waals surface area (Å²) in [6, 6.07) is 11.3. The number of nitrogens with one attached hydrogen (secondary N) is 1. The van der Waals surface area contributed by atoms with E-state index in [1.54, 1.807) is 19.2 Å². The van der Waals surface area contributed by atoms with E-state index in [2.05, 4.69) is 26.5 Å². The van der Waals surface area contributed by atoms with E-state index in [4.69, 9.17) is 9.47 Å². The van der Waals surface area contributed by atoms with Crippen molar-refractivity contribution in [2.45, 2.75) is 4.90 Å². The molecular weight excluding hydrogens is 462 g/mol. The zero-order valence-electron chi connectivity index (χ0n) is 15.7. The fourth-order valence-corrected chi connectivity index (χ4v) is 4.60. The Morgan fingerprint density at radius 3 is 2.72 bits per heavy atom. The second-order valence-electron chi connectivity index (χ2n) is 6.13. The zero-order valence-corrected chi connectivity index (χ0v) is 18.1. The monoisotopic (exact) mass is 481 g/mol. The molecule has 2 aromatic rings. The summed E-state index contributed by atoms with van der Waals surface area (Å²) in [6.07, 6.45) is 1.45. The highest BCUT2D eigenvalue weighted by Crippen LogP contribution is 2.21. The summed E-state index contributed by atoms with van der Waals surface area (Å²) < 4.78 is 38.1. The number of hydrazone groups is 1. The lowest BCUT2D eigenvalue weighted by Gasteiger charge is -2.26. The van der Waals surface area contributed by atoms with Crippen molar-refractivity contribution in [1.82, 2.24) is 9.73 Å². The number of hydrogen-bond donors (Lipinski definition) is 1. The number of benzene rings is 2. The van der Waals surface area contributed by atoms with Gasteiger partial charge in [-0.15, -0.1) is 0 Å². The highest BCUT2D eigenvalue weighted by Gasteiger charge is 2.26. The number of nitrogens with zero attached hydrogens (tertiary/aromatic N) is 2. The average Bonchev–Trinajstić information content (AvgIpc) is 2.74. The summed E-state index contributed by atoms with van der Waals surface area (Å²) in [5.74, 6) is 0.0824. The number of halogens is 1. The van der Waals surface area contributed by atoms with Crippen LogP contribution in [0, 0.1) is 0 Å². The Bertz CT molecular complexity index is 1020. The molecule has 1 saturated heterocycles. The molecule has 29 heavy (non-hydrogen) atoms. The zero-order chi connectivity index (χ0) is 20.9. The van der Waals surface area contributed by atoms with Gasteiger partial charge in [0.05, 0.1) is 31.4 Å². The van der Waals surface area contributed by atoms with Crippen molar-refractivity contribution in [3.8, 4) is 5.75 Å². The molecule has 3 rings (SSSR count). The van der Waals surface area contributed by atoms with Crippen LogP contribution in [0.3, 0.4) is 0 Å². The Labute approximate surface area is 177 Å². The van der Waals surface area contributed by atoms with Crippen LogP contribution in [0.15, 0.2) is 56.9 Å². The van der Waals surface area contributed by atoms with Gasteiger partial charge in [-0.25, -0.2) is 13.8 Å². The van der Waals surface area contributed by atoms with Crippen LogP contribution in [0.5, 0.6) is 5.75 Å². The molecule has 8 nitrogen and oxygen atoms in total. The lowest BCUT2D eigenvalue weighted by atomic mass is 10.2. The number of ether oxygens (including phenoxy) is 2. The number of hydrogen-bond acceptors (Lipinski definition) is 6. The Morgan fingerprint density at radius 2 is 2.00 bits per heavy atom. The summed E-state index contributed by atoms with van der Waals surface area (Å²) in [6.45, 7) is 1.29. The average molecular weight is 482 g/mol. The van der Waals surface area contributed by atoms with Crippen molar-refractivity contribution in [2.75, 3.05) is 33.4 Å². The second-order valence-corrected chi connectivity index (χ2v) is 8.98. The Hall–Kier alpha value is -2.27. The molecule has 0 aliphatic carbocycles. The first-order valence-corrected chi connectivity index (χ1v) is 11.0. The summed E-state index contributed by atoms with van der Waals surface area (Å²) >= 11 is 3.37. The van der Waals surface area contributed by atoms with E-state index >= 15 is 0 Å². The first kappa shape index (κ1) is 21.4. The first-order chi connectivity index (χ1) is 13.9. The minimum Gasteiger partial charge on any atom is -0.496 e. The molecule has 1 aliphatic heterocycles. The van der Waals surface area contributed by atoms with Crippen molar-refractivity contribution < 1.29 is 22.7 Å². The standard InChI is InChI=1S/C19H20BrN3O5S/c1-27-18-6-5-16(20)11-15(18)13-21-22-19(24)14-3-2-4-17(12-14)29(25,26)23-7-9-28-10-8-23/h2-6,11-13H,7-10H2,1H3,(H,22,24)/b21-13+. The predicted octanol–water partition coefficient (Wildman–Crippen LogP) is 2.24. The van der Waals surface area contributed by atoms with Crippen LogP contribution < -0.4 is 10.2 Å². The molecule has 2 aromatic carbocycles. The summed E-state index contributed by atoms with van der Waals surface area (Å²) in [5, 5.41) is 3.95. The maximum Gasteiger partial charge on any atom is 0.271 e. The molecule has 0 radical (unpaired) electrons. The van der Waals surface area contributed by atoms with E-state index in [1.807, 2.05) is 6.07 Å². The molecule has 0 bridgehead atoms. The quantitative estimate of drug-likeness (QED) is 0.503. The molecule has 0 saturated carbocycles. The van der Waals surface area contributed by atoms with Crippen molar-refractivity contribution in [2.24, 2.45) is 5.10 Å². The van der Waals surface area contributed by atoms with Crippen LogP contribution in [0.2, 0.25) is 0 Å². The van der Waals surface area contributed by atoms with Gasteiger partial charge >= 0.3 is 0 Å². The van der Waals surface area contributed by atoms with E-state index in [-0.39, 0.29) is 23.5 Å². The molecule has 154 valence electrons. The van der Waals surface area contributed by atoms with E-state index in [0.29, 0.717) is 24.5 Å². The van der Waals surface area contributed by atoms with E-state index < -0.39 is 15.9 Å². The van der Waals surface area contributed by atoms with E-state index in [9.17, 15) is 13.2 Å². The maximum atomic E-state index is 12.8. The van der Waals surface area contributed by atoms with Crippen molar-refractivity contribution in [3.63, 3.8) is 0 Å². The maximum absolute atomic E-state index is 12.8. The van der Waals surface area contributed by atoms with Crippen LogP contribution >= 0.6 is 15.9 Å². The molecule has 1 heterocycles. The van der Waals surface area contributed by atoms with Crippen LogP contribution in [-0.2, 0) is 14.8 Å². The predicted molar refractivity (Wildman–Crippen MR) is 112 cm³/mol. The summed E-state index contributed by atoms with van der Waals surface area (Å²) in [5.41, 5.74) is 3.27. The Morgan fingerprint density at radius 1 is 1.24 bits per heavy atom. The van der Waals surface area contributed by atoms with Crippen molar-refractivity contribution in [3.05, 3.63) is 58.1 Å². The minimum absolute atomic E-state index is 0.0599. The van der Waals surface area contributed by atoms with Crippen molar-refractivity contribution >= 4 is 38.1 Å². The summed E-state index contributed by atoms with van der Waals surface area (Å²) in [7, 11) is -2.14. The topological polar surface area (TPSA) is 97.3 Å². The molecule has 0 unspecified atom stereocenters. The lowest BCUT2D eigenvalue weighted by molar-refractivity contribution is 0.0730. The molecule has 0 atom stereocenters. The first-order valence-electron chi connectivity index (χ1n) is 8.77. The van der Waals surface area contributed by atoms with Crippen LogP contribution in [0.1, 0.15) is 15.9 Å². The molecule has 0 spiro atoms. The molecule has 1 aliphatic rings. The normalized spacial score (nSPS) is 15.4. The Kier molecular flexibility index (Phi) is 7.01. The number of carbonyl (C=O) groups is 1. The van der Waals surface area contributed by atoms with Gasteiger partial charge in [0.15, 0.2) is 0 Å². The number of amides is 1. The third kappa shape index (κ3) is 5.21. The van der Waals surface area contributed by atoms with Gasteiger partial charge in [0.2, 0.25) is 10.0 Å². The molecule has 0 aromatic heterocycles. The fraction of sp³-hybridized carbons (Fsp3) is 0.263. The largest absolute Gasteiger partial charge is 0.496 e. The summed E-state index contributed by atoms with van der Waals surface area (Å²) in [4.78, 5) is 12.5. The van der Waals surface area contributed by atoms with Crippen LogP contribution in [0.25, 0.3) is 0 Å². The van der Waals surface area contributed by atoms with Crippen LogP contribution in [-0.4, -0.2) is 58.3 Å². The number of methoxy groups -OCH3 is 1. The lowest BCUT2D eigenvalue weighted by Crippen LogP contribution is -2.40. The van der Waals surface area contributed by atoms with Gasteiger partial charge in [0.25, 0.3) is 5.91 Å². The minimum atomic E-state index is -3.68. The fourth-order valence-electron chi connectivity index (χ4n) is 2.76. The Balaban J connectivity index is 1.74. The third-order valence-corrected chi connectivity index (χ3v) is 6.65. The SMILES string of the molecule is COc1ccc(Br)cc1/C=N/NC(=O)c1cccc(S(=O)(=O)N2CCOCC2)c1. The molecule has 1 N–H and O–H groups in total. The van der Waals surface area contributed by atoms with Gasteiger partial charge < -0.3 is 9.47 Å². The number of sulfonamides is 1. The van der Waals surface area contributed by atoms with Gasteiger partial charge in [0, 0.05) is 28.7 Å². The second kappa shape index (κ2) is 9.49. The molecule has 1 fully saturated rings. The molecule has 1 amide bonds. The molecular formula is C19H20BrN3O5S. The number of rotatable bonds is 6. The highest BCUT2D eigenvalue weighted by atomic mass is 79.9. The van der Waals surface area contributed by atoms with Gasteiger partial charge in [-0.3, -0.25) is 4.79 Å². The van der Waals surface area contributed by atoms with Crippen molar-refractivity contribution in [1.29, 1.82) is 0 Å². The van der Waals surface area contributed by atoms with Gasteiger partial charge in [-0.05, 0) is 36.4 Å². The van der Waals surface area contributed by atoms with Crippen LogP contribution in [0.4, 0.5) is 0 Å². The van der Waals surface area contributed by atoms with E-state index in [0.717, 1.165) is 4.47 Å². The third-order valence-electron chi connectivity index (χ3n) is 4.27. The van der Waals surface area contributed by atoms with Gasteiger partial charge in [0.1, 0.15) is 5.75 Å². The smallest absolute Gasteiger partial charge is 0.271 e. The number of morpholine rings is 1. The highest BCUT2D eigenvalue weighted by molar-refractivity contribution is 9.10. The van der Waals surface area contributed by atoms with Gasteiger partial charge in [-0.2, -0.15) is 9.41 Å².